The van der Waals surface area contributed by atoms with Crippen LogP contribution in [0.4, 0.5) is 0 Å². The molecule has 0 aliphatic heterocycles. The van der Waals surface area contributed by atoms with Crippen LogP contribution >= 0.6 is 0 Å². The lowest BCUT2D eigenvalue weighted by atomic mass is 10.1. The Morgan fingerprint density at radius 2 is 1.32 bits per heavy atom. The molecule has 0 amide bonds. The average molecular weight is 547 g/mol. The lowest BCUT2D eigenvalue weighted by Gasteiger charge is -2.06. The maximum atomic E-state index is 11.9. The van der Waals surface area contributed by atoms with Crippen LogP contribution in [0.15, 0.2) is 73.1 Å². The lowest BCUT2D eigenvalue weighted by molar-refractivity contribution is -0.136. The van der Waals surface area contributed by atoms with E-state index in [-0.39, 0.29) is 31.2 Å². The summed E-state index contributed by atoms with van der Waals surface area (Å²) in [6, 6.07) is 16.7. The predicted molar refractivity (Wildman–Crippen MR) is 145 cm³/mol. The molecule has 0 radical (unpaired) electrons. The number of carboxylic acids is 2. The van der Waals surface area contributed by atoms with E-state index < -0.39 is 17.9 Å². The van der Waals surface area contributed by atoms with E-state index in [9.17, 15) is 19.2 Å². The Balaban J connectivity index is 0.000000222. The summed E-state index contributed by atoms with van der Waals surface area (Å²) in [6.45, 7) is 4.06. The van der Waals surface area contributed by atoms with Crippen LogP contribution in [0.25, 0.3) is 0 Å². The molecular formula is C30H30N2O8. The van der Waals surface area contributed by atoms with Gasteiger partial charge in [-0.2, -0.15) is 0 Å². The van der Waals surface area contributed by atoms with E-state index in [1.165, 1.54) is 12.1 Å². The van der Waals surface area contributed by atoms with E-state index in [1.807, 2.05) is 20.0 Å². The molecule has 0 aliphatic rings. The van der Waals surface area contributed by atoms with Crippen molar-refractivity contribution in [1.29, 1.82) is 0 Å². The predicted octanol–water partition coefficient (Wildman–Crippen LogP) is 4.70. The Morgan fingerprint density at radius 3 is 1.80 bits per heavy atom. The molecule has 3 N–H and O–H groups in total. The van der Waals surface area contributed by atoms with Gasteiger partial charge in [-0.05, 0) is 65.9 Å². The molecule has 4 aromatic rings. The number of aryl methyl sites for hydroxylation is 3. The van der Waals surface area contributed by atoms with E-state index in [0.29, 0.717) is 11.4 Å². The number of hydrogen-bond acceptors (Lipinski definition) is 6. The Kier molecular flexibility index (Phi) is 10.0. The number of carbonyl (C=O) groups is 4. The summed E-state index contributed by atoms with van der Waals surface area (Å²) >= 11 is 0. The first-order valence-electron chi connectivity index (χ1n) is 12.3. The summed E-state index contributed by atoms with van der Waals surface area (Å²) in [7, 11) is 1.80. The van der Waals surface area contributed by atoms with Gasteiger partial charge in [0.2, 0.25) is 0 Å². The van der Waals surface area contributed by atoms with Gasteiger partial charge in [0.25, 0.3) is 0 Å². The Bertz CT molecular complexity index is 1480. The highest BCUT2D eigenvalue weighted by atomic mass is 16.5. The van der Waals surface area contributed by atoms with Gasteiger partial charge in [-0.25, -0.2) is 14.4 Å². The van der Waals surface area contributed by atoms with Gasteiger partial charge in [-0.3, -0.25) is 4.79 Å². The van der Waals surface area contributed by atoms with Crippen LogP contribution in [0.2, 0.25) is 0 Å². The van der Waals surface area contributed by atoms with E-state index in [1.54, 1.807) is 66.3 Å². The van der Waals surface area contributed by atoms with Crippen molar-refractivity contribution >= 4 is 23.9 Å². The molecule has 2 aromatic heterocycles. The number of hydrogen-bond donors (Lipinski definition) is 3. The van der Waals surface area contributed by atoms with E-state index in [0.717, 1.165) is 27.8 Å². The normalized spacial score (nSPS) is 10.3. The number of nitrogens with zero attached hydrogens (tertiary/aromatic N) is 1. The highest BCUT2D eigenvalue weighted by molar-refractivity contribution is 5.88. The number of aromatic nitrogens is 2. The van der Waals surface area contributed by atoms with Crippen LogP contribution in [-0.4, -0.2) is 43.6 Å². The van der Waals surface area contributed by atoms with Crippen LogP contribution in [0.3, 0.4) is 0 Å². The zero-order chi connectivity index (χ0) is 29.2. The number of carbonyl (C=O) groups excluding carboxylic acids is 2. The van der Waals surface area contributed by atoms with Crippen molar-refractivity contribution in [1.82, 2.24) is 9.55 Å². The highest BCUT2D eigenvalue weighted by Crippen LogP contribution is 2.12. The number of aliphatic carboxylic acids is 1. The van der Waals surface area contributed by atoms with E-state index in [4.69, 9.17) is 19.7 Å². The second kappa shape index (κ2) is 13.6. The minimum atomic E-state index is -0.981. The molecule has 2 aromatic carbocycles. The molecule has 0 saturated carbocycles. The summed E-state index contributed by atoms with van der Waals surface area (Å²) in [5.41, 5.74) is 5.35. The number of aromatic carboxylic acids is 1. The van der Waals surface area contributed by atoms with Gasteiger partial charge in [-0.1, -0.05) is 36.4 Å². The second-order valence-corrected chi connectivity index (χ2v) is 9.15. The highest BCUT2D eigenvalue weighted by Gasteiger charge is 2.12. The Labute approximate surface area is 230 Å². The van der Waals surface area contributed by atoms with Crippen LogP contribution < -0.4 is 0 Å². The molecule has 0 bridgehead atoms. The molecule has 40 heavy (non-hydrogen) atoms. The summed E-state index contributed by atoms with van der Waals surface area (Å²) in [5.74, 6) is -2.66. The second-order valence-electron chi connectivity index (χ2n) is 9.15. The van der Waals surface area contributed by atoms with Crippen LogP contribution in [-0.2, 0) is 41.0 Å². The monoisotopic (exact) mass is 546 g/mol. The van der Waals surface area contributed by atoms with Crippen molar-refractivity contribution in [2.24, 2.45) is 7.05 Å². The van der Waals surface area contributed by atoms with E-state index >= 15 is 0 Å². The van der Waals surface area contributed by atoms with Gasteiger partial charge in [0.15, 0.2) is 0 Å². The molecule has 10 heteroatoms. The summed E-state index contributed by atoms with van der Waals surface area (Å²) in [5, 5.41) is 17.5. The van der Waals surface area contributed by atoms with E-state index in [2.05, 4.69) is 4.98 Å². The quantitative estimate of drug-likeness (QED) is 0.256. The molecule has 0 aliphatic carbocycles. The van der Waals surface area contributed by atoms with Gasteiger partial charge >= 0.3 is 23.9 Å². The van der Waals surface area contributed by atoms with Gasteiger partial charge in [0.05, 0.1) is 12.0 Å². The van der Waals surface area contributed by atoms with Gasteiger partial charge in [0, 0.05) is 19.4 Å². The molecule has 0 saturated heterocycles. The smallest absolute Gasteiger partial charge is 0.355 e. The number of aromatic amines is 1. The van der Waals surface area contributed by atoms with Crippen molar-refractivity contribution in [3.63, 3.8) is 0 Å². The van der Waals surface area contributed by atoms with Crippen molar-refractivity contribution in [3.8, 4) is 0 Å². The van der Waals surface area contributed by atoms with Crippen molar-refractivity contribution < 1.29 is 38.9 Å². The van der Waals surface area contributed by atoms with Gasteiger partial charge < -0.3 is 29.2 Å². The molecule has 10 nitrogen and oxygen atoms in total. The molecule has 0 spiro atoms. The first-order valence-corrected chi connectivity index (χ1v) is 12.3. The first kappa shape index (κ1) is 29.4. The number of nitrogens with one attached hydrogen (secondary N) is 1. The van der Waals surface area contributed by atoms with Crippen molar-refractivity contribution in [2.75, 3.05) is 0 Å². The number of ether oxygens (including phenoxy) is 2. The fourth-order valence-corrected chi connectivity index (χ4v) is 3.67. The summed E-state index contributed by atoms with van der Waals surface area (Å²) < 4.78 is 12.1. The van der Waals surface area contributed by atoms with Gasteiger partial charge in [-0.15, -0.1) is 0 Å². The molecule has 0 unspecified atom stereocenters. The minimum Gasteiger partial charge on any atom is -0.481 e. The third-order valence-electron chi connectivity index (χ3n) is 5.72. The Hall–Kier alpha value is -5.12. The fourth-order valence-electron chi connectivity index (χ4n) is 3.67. The molecule has 4 rings (SSSR count). The summed E-state index contributed by atoms with van der Waals surface area (Å²) in [6.07, 6.45) is 3.57. The average Bonchev–Trinajstić information content (AvgIpc) is 3.51. The van der Waals surface area contributed by atoms with Crippen LogP contribution in [0, 0.1) is 13.8 Å². The third-order valence-corrected chi connectivity index (χ3v) is 5.72. The number of benzene rings is 2. The maximum absolute atomic E-state index is 11.9. The number of esters is 2. The molecule has 2 heterocycles. The van der Waals surface area contributed by atoms with Crippen LogP contribution in [0.1, 0.15) is 59.2 Å². The maximum Gasteiger partial charge on any atom is 0.355 e. The number of H-pyrrole nitrogens is 1. The topological polar surface area (TPSA) is 148 Å². The molecular weight excluding hydrogens is 516 g/mol. The zero-order valence-corrected chi connectivity index (χ0v) is 22.3. The van der Waals surface area contributed by atoms with Crippen molar-refractivity contribution in [2.45, 2.75) is 33.5 Å². The fraction of sp³-hybridized carbons (Fsp3) is 0.200. The Morgan fingerprint density at radius 1 is 0.775 bits per heavy atom. The number of rotatable bonds is 9. The van der Waals surface area contributed by atoms with Crippen LogP contribution in [0.5, 0.6) is 0 Å². The lowest BCUT2D eigenvalue weighted by Crippen LogP contribution is -2.09. The molecule has 0 fully saturated rings. The minimum absolute atomic E-state index is 0.0112. The summed E-state index contributed by atoms with van der Waals surface area (Å²) in [4.78, 5) is 47.7. The SMILES string of the molecule is Cc1c[nH]c(C(=O)OCc2ccc(C(=O)O)cc2)c1.Cc1cc(C(=O)OCc2ccc(CC(=O)O)cc2)n(C)c1. The van der Waals surface area contributed by atoms with Crippen molar-refractivity contribution in [3.05, 3.63) is 118 Å². The van der Waals surface area contributed by atoms with Gasteiger partial charge in [0.1, 0.15) is 24.6 Å². The largest absolute Gasteiger partial charge is 0.481 e. The first-order chi connectivity index (χ1) is 19.0. The molecule has 0 atom stereocenters. The standard InChI is InChI=1S/C16H17NO4.C14H13NO4/c1-11-7-14(17(2)9-11)16(20)21-10-13-5-3-12(4-6-13)8-15(18)19;1-9-6-12(15-7-9)14(18)19-8-10-2-4-11(5-3-10)13(16)17/h3-7,9H,8,10H2,1-2H3,(H,18,19);2-7,15H,8H2,1H3,(H,16,17). The number of carboxylic acid groups (broad SMARTS) is 2. The zero-order valence-electron chi connectivity index (χ0n) is 22.3. The molecule has 208 valence electrons. The third kappa shape index (κ3) is 8.73.